The van der Waals surface area contributed by atoms with Gasteiger partial charge in [0.25, 0.3) is 5.91 Å². The summed E-state index contributed by atoms with van der Waals surface area (Å²) in [5.74, 6) is -0.795. The van der Waals surface area contributed by atoms with E-state index < -0.39 is 24.0 Å². The second-order valence-electron chi connectivity index (χ2n) is 11.1. The molecule has 0 radical (unpaired) electrons. The lowest BCUT2D eigenvalue weighted by Gasteiger charge is -2.38. The van der Waals surface area contributed by atoms with Crippen LogP contribution in [0.25, 0.3) is 0 Å². The minimum absolute atomic E-state index is 0.157. The van der Waals surface area contributed by atoms with Gasteiger partial charge < -0.3 is 35.6 Å². The Hall–Kier alpha value is -3.86. The number of urea groups is 2. The zero-order chi connectivity index (χ0) is 29.5. The van der Waals surface area contributed by atoms with E-state index >= 15 is 0 Å². The molecule has 1 saturated carbocycles. The lowest BCUT2D eigenvalue weighted by atomic mass is 9.96. The van der Waals surface area contributed by atoms with Crippen LogP contribution >= 0.6 is 0 Å². The molecule has 0 bridgehead atoms. The number of carbonyl (C=O) groups is 3. The van der Waals surface area contributed by atoms with Crippen molar-refractivity contribution in [3.63, 3.8) is 0 Å². The van der Waals surface area contributed by atoms with Crippen molar-refractivity contribution in [3.8, 4) is 5.75 Å². The van der Waals surface area contributed by atoms with Crippen LogP contribution in [0.1, 0.15) is 56.3 Å². The lowest BCUT2D eigenvalue weighted by Crippen LogP contribution is -2.52. The SMILES string of the molecule is C[C@H](CO)N1C[C@H](C)[C@H](CN(C)C(=O)NC2CCCCC2)Oc2c(NC(=O)Nc3ccc(F)cc3)cccc2C1=O. The molecule has 222 valence electrons. The van der Waals surface area contributed by atoms with E-state index in [2.05, 4.69) is 16.0 Å². The van der Waals surface area contributed by atoms with Crippen LogP contribution in [0.15, 0.2) is 42.5 Å². The molecule has 0 saturated heterocycles. The van der Waals surface area contributed by atoms with Gasteiger partial charge in [0.05, 0.1) is 30.4 Å². The highest BCUT2D eigenvalue weighted by atomic mass is 19.1. The minimum atomic E-state index is -0.600. The summed E-state index contributed by atoms with van der Waals surface area (Å²) in [7, 11) is 1.72. The Bertz CT molecular complexity index is 1220. The number of anilines is 2. The molecule has 2 aromatic carbocycles. The van der Waals surface area contributed by atoms with E-state index in [1.165, 1.54) is 30.7 Å². The molecule has 5 amide bonds. The third kappa shape index (κ3) is 7.66. The van der Waals surface area contributed by atoms with E-state index in [1.54, 1.807) is 42.0 Å². The number of ether oxygens (including phenoxy) is 1. The topological polar surface area (TPSA) is 123 Å². The molecule has 2 aliphatic rings. The predicted octanol–water partition coefficient (Wildman–Crippen LogP) is 4.66. The Morgan fingerprint density at radius 1 is 1.12 bits per heavy atom. The summed E-state index contributed by atoms with van der Waals surface area (Å²) in [5.41, 5.74) is 0.885. The van der Waals surface area contributed by atoms with E-state index in [-0.39, 0.29) is 54.1 Å². The Labute approximate surface area is 240 Å². The van der Waals surface area contributed by atoms with Crippen molar-refractivity contribution in [2.24, 2.45) is 5.92 Å². The van der Waals surface area contributed by atoms with Crippen LogP contribution in [-0.4, -0.2) is 77.8 Å². The molecule has 3 atom stereocenters. The number of aliphatic hydroxyl groups excluding tert-OH is 1. The molecule has 1 fully saturated rings. The molecule has 1 aliphatic carbocycles. The van der Waals surface area contributed by atoms with Crippen molar-refractivity contribution < 1.29 is 28.6 Å². The summed E-state index contributed by atoms with van der Waals surface area (Å²) in [6, 6.07) is 9.14. The largest absolute Gasteiger partial charge is 0.485 e. The first-order chi connectivity index (χ1) is 19.7. The lowest BCUT2D eigenvalue weighted by molar-refractivity contribution is 0.0368. The quantitative estimate of drug-likeness (QED) is 0.386. The fraction of sp³-hybridized carbons (Fsp3) is 0.500. The number of likely N-dealkylation sites (N-methyl/N-ethyl adjacent to an activating group) is 1. The van der Waals surface area contributed by atoms with Crippen molar-refractivity contribution in [1.82, 2.24) is 15.1 Å². The highest BCUT2D eigenvalue weighted by Crippen LogP contribution is 2.35. The monoisotopic (exact) mass is 569 g/mol. The van der Waals surface area contributed by atoms with E-state index in [1.807, 2.05) is 6.92 Å². The van der Waals surface area contributed by atoms with Crippen LogP contribution in [-0.2, 0) is 0 Å². The summed E-state index contributed by atoms with van der Waals surface area (Å²) in [4.78, 5) is 42.7. The van der Waals surface area contributed by atoms with Crippen molar-refractivity contribution in [3.05, 3.63) is 53.8 Å². The zero-order valence-electron chi connectivity index (χ0n) is 23.9. The second kappa shape index (κ2) is 13.7. The highest BCUT2D eigenvalue weighted by Gasteiger charge is 2.35. The maximum Gasteiger partial charge on any atom is 0.323 e. The molecule has 41 heavy (non-hydrogen) atoms. The smallest absolute Gasteiger partial charge is 0.323 e. The number of amides is 5. The zero-order valence-corrected chi connectivity index (χ0v) is 23.9. The molecule has 4 rings (SSSR count). The van der Waals surface area contributed by atoms with Gasteiger partial charge in [0, 0.05) is 31.2 Å². The second-order valence-corrected chi connectivity index (χ2v) is 11.1. The number of hydrogen-bond donors (Lipinski definition) is 4. The Kier molecular flexibility index (Phi) is 10.0. The number of nitrogens with one attached hydrogen (secondary N) is 3. The number of nitrogens with zero attached hydrogens (tertiary/aromatic N) is 2. The van der Waals surface area contributed by atoms with Gasteiger partial charge in [0.1, 0.15) is 11.9 Å². The summed E-state index contributed by atoms with van der Waals surface area (Å²) >= 11 is 0. The van der Waals surface area contributed by atoms with Crippen LogP contribution in [0.2, 0.25) is 0 Å². The van der Waals surface area contributed by atoms with Crippen LogP contribution in [0, 0.1) is 11.7 Å². The van der Waals surface area contributed by atoms with Gasteiger partial charge in [-0.05, 0) is 56.2 Å². The van der Waals surface area contributed by atoms with Gasteiger partial charge >= 0.3 is 12.1 Å². The predicted molar refractivity (Wildman–Crippen MR) is 155 cm³/mol. The first-order valence-electron chi connectivity index (χ1n) is 14.2. The van der Waals surface area contributed by atoms with Crippen molar-refractivity contribution in [2.75, 3.05) is 37.4 Å². The Morgan fingerprint density at radius 2 is 1.83 bits per heavy atom. The fourth-order valence-corrected chi connectivity index (χ4v) is 5.26. The van der Waals surface area contributed by atoms with Crippen molar-refractivity contribution >= 4 is 29.3 Å². The van der Waals surface area contributed by atoms with Crippen LogP contribution in [0.5, 0.6) is 5.75 Å². The number of halogens is 1. The maximum atomic E-state index is 13.7. The van der Waals surface area contributed by atoms with E-state index in [9.17, 15) is 23.9 Å². The van der Waals surface area contributed by atoms with Crippen LogP contribution < -0.4 is 20.7 Å². The van der Waals surface area contributed by atoms with Gasteiger partial charge in [-0.1, -0.05) is 32.3 Å². The number of para-hydroxylation sites is 1. The molecule has 4 N–H and O–H groups in total. The molecule has 10 nitrogen and oxygen atoms in total. The molecule has 0 aromatic heterocycles. The van der Waals surface area contributed by atoms with Crippen molar-refractivity contribution in [2.45, 2.75) is 64.1 Å². The maximum absolute atomic E-state index is 13.7. The third-order valence-electron chi connectivity index (χ3n) is 7.77. The summed E-state index contributed by atoms with van der Waals surface area (Å²) < 4.78 is 19.7. The van der Waals surface area contributed by atoms with E-state index in [0.29, 0.717) is 12.2 Å². The molecule has 2 aromatic rings. The third-order valence-corrected chi connectivity index (χ3v) is 7.77. The minimum Gasteiger partial charge on any atom is -0.485 e. The highest BCUT2D eigenvalue weighted by molar-refractivity contribution is 6.04. The molecule has 0 spiro atoms. The molecule has 1 heterocycles. The van der Waals surface area contributed by atoms with E-state index in [4.69, 9.17) is 4.74 Å². The number of rotatable bonds is 7. The normalized spacial score (nSPS) is 20.1. The van der Waals surface area contributed by atoms with Crippen LogP contribution in [0.4, 0.5) is 25.4 Å². The first-order valence-corrected chi connectivity index (χ1v) is 14.2. The number of carbonyl (C=O) groups excluding carboxylic acids is 3. The van der Waals surface area contributed by atoms with Gasteiger partial charge in [-0.3, -0.25) is 4.79 Å². The average molecular weight is 570 g/mol. The molecular formula is C30H40FN5O5. The summed E-state index contributed by atoms with van der Waals surface area (Å²) in [6.45, 7) is 4.03. The average Bonchev–Trinajstić information content (AvgIpc) is 2.96. The molecule has 11 heteroatoms. The number of hydrogen-bond acceptors (Lipinski definition) is 5. The van der Waals surface area contributed by atoms with Gasteiger partial charge in [0.2, 0.25) is 0 Å². The van der Waals surface area contributed by atoms with Gasteiger partial charge in [-0.15, -0.1) is 0 Å². The number of fused-ring (bicyclic) bond motifs is 1. The number of benzene rings is 2. The molecule has 1 aliphatic heterocycles. The molecular weight excluding hydrogens is 529 g/mol. The number of aliphatic hydroxyl groups is 1. The Balaban J connectivity index is 1.59. The summed E-state index contributed by atoms with van der Waals surface area (Å²) in [5, 5.41) is 18.4. The van der Waals surface area contributed by atoms with Gasteiger partial charge in [0.15, 0.2) is 5.75 Å². The van der Waals surface area contributed by atoms with E-state index in [0.717, 1.165) is 25.7 Å². The summed E-state index contributed by atoms with van der Waals surface area (Å²) in [6.07, 6.45) is 4.80. The standard InChI is InChI=1S/C30H40FN5O5/c1-19-16-36(20(2)18-37)28(38)24-10-7-11-25(34-29(39)32-23-14-12-21(31)13-15-23)27(24)41-26(19)17-35(3)30(40)33-22-8-5-4-6-9-22/h7,10-15,19-20,22,26,37H,4-6,8-9,16-18H2,1-3H3,(H,33,40)(H2,32,34,39)/t19-,20+,26-/m0/s1. The Morgan fingerprint density at radius 3 is 2.51 bits per heavy atom. The van der Waals surface area contributed by atoms with Gasteiger partial charge in [-0.25, -0.2) is 14.0 Å². The molecule has 0 unspecified atom stereocenters. The van der Waals surface area contributed by atoms with Crippen LogP contribution in [0.3, 0.4) is 0 Å². The van der Waals surface area contributed by atoms with Crippen molar-refractivity contribution in [1.29, 1.82) is 0 Å². The first kappa shape index (κ1) is 30.1. The fourth-order valence-electron chi connectivity index (χ4n) is 5.26. The van der Waals surface area contributed by atoms with Gasteiger partial charge in [-0.2, -0.15) is 0 Å².